The van der Waals surface area contributed by atoms with Crippen molar-refractivity contribution in [2.45, 2.75) is 6.18 Å². The van der Waals surface area contributed by atoms with Gasteiger partial charge in [0.05, 0.1) is 11.1 Å². The molecule has 0 unspecified atom stereocenters. The Kier molecular flexibility index (Phi) is 3.96. The van der Waals surface area contributed by atoms with Crippen molar-refractivity contribution in [2.24, 2.45) is 0 Å². The topological polar surface area (TPSA) is 68.0 Å². The van der Waals surface area contributed by atoms with Gasteiger partial charge in [0.15, 0.2) is 5.65 Å². The second kappa shape index (κ2) is 6.20. The number of aromatic nitrogens is 3. The van der Waals surface area contributed by atoms with E-state index in [0.717, 1.165) is 28.0 Å². The normalized spacial score (nSPS) is 11.8. The van der Waals surface area contributed by atoms with Crippen molar-refractivity contribution in [3.05, 3.63) is 70.1 Å². The van der Waals surface area contributed by atoms with Crippen LogP contribution in [0.4, 0.5) is 13.2 Å². The predicted octanol–water partition coefficient (Wildman–Crippen LogP) is 4.23. The van der Waals surface area contributed by atoms with Crippen molar-refractivity contribution in [3.63, 3.8) is 0 Å². The third-order valence-corrected chi connectivity index (χ3v) is 4.74. The summed E-state index contributed by atoms with van der Waals surface area (Å²) in [4.78, 5) is 20.8. The molecule has 0 aliphatic heterocycles. The van der Waals surface area contributed by atoms with Gasteiger partial charge in [-0.2, -0.15) is 13.2 Å². The minimum Gasteiger partial charge on any atom is -0.506 e. The summed E-state index contributed by atoms with van der Waals surface area (Å²) in [7, 11) is 0. The number of hydrogen-bond acceptors (Lipinski definition) is 5. The number of thiazole rings is 1. The summed E-state index contributed by atoms with van der Waals surface area (Å²) in [6.07, 6.45) is -3.21. The summed E-state index contributed by atoms with van der Waals surface area (Å²) >= 11 is 1.14. The van der Waals surface area contributed by atoms with Crippen LogP contribution in [0.2, 0.25) is 0 Å². The maximum absolute atomic E-state index is 13.1. The van der Waals surface area contributed by atoms with Crippen LogP contribution in [-0.2, 0) is 6.18 Å². The fourth-order valence-electron chi connectivity index (χ4n) is 2.76. The molecule has 0 spiro atoms. The van der Waals surface area contributed by atoms with Crippen LogP contribution < -0.4 is 5.56 Å². The smallest absolute Gasteiger partial charge is 0.433 e. The molecule has 1 N–H and O–H groups in total. The third kappa shape index (κ3) is 2.85. The van der Waals surface area contributed by atoms with E-state index in [1.54, 1.807) is 35.7 Å². The van der Waals surface area contributed by atoms with Crippen LogP contribution in [0.15, 0.2) is 58.8 Å². The monoisotopic (exact) mass is 389 g/mol. The number of aromatic hydroxyl groups is 1. The summed E-state index contributed by atoms with van der Waals surface area (Å²) < 4.78 is 40.5. The maximum atomic E-state index is 13.1. The zero-order valence-electron chi connectivity index (χ0n) is 13.4. The molecular weight excluding hydrogens is 379 g/mol. The predicted molar refractivity (Wildman–Crippen MR) is 95.1 cm³/mol. The average molecular weight is 389 g/mol. The lowest BCUT2D eigenvalue weighted by Gasteiger charge is -2.15. The van der Waals surface area contributed by atoms with E-state index < -0.39 is 23.2 Å². The highest BCUT2D eigenvalue weighted by molar-refractivity contribution is 7.13. The number of benzene rings is 1. The van der Waals surface area contributed by atoms with E-state index in [4.69, 9.17) is 0 Å². The molecule has 0 fully saturated rings. The second-order valence-electron chi connectivity index (χ2n) is 5.60. The molecule has 1 aromatic carbocycles. The van der Waals surface area contributed by atoms with Crippen molar-refractivity contribution in [2.75, 3.05) is 0 Å². The molecule has 0 bridgehead atoms. The molecule has 0 radical (unpaired) electrons. The van der Waals surface area contributed by atoms with Gasteiger partial charge in [-0.1, -0.05) is 18.2 Å². The van der Waals surface area contributed by atoms with E-state index in [9.17, 15) is 23.1 Å². The number of nitrogens with zero attached hydrogens (tertiary/aromatic N) is 3. The highest BCUT2D eigenvalue weighted by Crippen LogP contribution is 2.36. The van der Waals surface area contributed by atoms with Gasteiger partial charge in [-0.25, -0.2) is 9.97 Å². The lowest BCUT2D eigenvalue weighted by atomic mass is 10.1. The van der Waals surface area contributed by atoms with Crippen LogP contribution in [0.1, 0.15) is 5.69 Å². The number of rotatable bonds is 2. The van der Waals surface area contributed by atoms with Gasteiger partial charge in [-0.3, -0.25) is 9.36 Å². The Labute approximate surface area is 154 Å². The highest BCUT2D eigenvalue weighted by atomic mass is 32.1. The van der Waals surface area contributed by atoms with Crippen molar-refractivity contribution in [1.82, 2.24) is 14.5 Å². The molecule has 4 aromatic rings. The number of alkyl halides is 3. The number of fused-ring (bicyclic) bond motifs is 1. The van der Waals surface area contributed by atoms with Gasteiger partial charge in [-0.05, 0) is 24.3 Å². The molecular formula is C18H10F3N3O2S. The quantitative estimate of drug-likeness (QED) is 0.557. The van der Waals surface area contributed by atoms with Crippen molar-refractivity contribution in [1.29, 1.82) is 0 Å². The largest absolute Gasteiger partial charge is 0.506 e. The third-order valence-electron chi connectivity index (χ3n) is 3.95. The van der Waals surface area contributed by atoms with Gasteiger partial charge in [0.1, 0.15) is 22.0 Å². The second-order valence-corrected chi connectivity index (χ2v) is 6.50. The van der Waals surface area contributed by atoms with Crippen molar-refractivity contribution in [3.8, 4) is 22.0 Å². The molecule has 0 amide bonds. The van der Waals surface area contributed by atoms with Crippen LogP contribution in [-0.4, -0.2) is 19.6 Å². The average Bonchev–Trinajstić information content (AvgIpc) is 3.16. The first-order chi connectivity index (χ1) is 12.9. The zero-order valence-corrected chi connectivity index (χ0v) is 14.3. The van der Waals surface area contributed by atoms with E-state index in [0.29, 0.717) is 5.69 Å². The highest BCUT2D eigenvalue weighted by Gasteiger charge is 2.33. The first-order valence-corrected chi connectivity index (χ1v) is 8.57. The summed E-state index contributed by atoms with van der Waals surface area (Å²) in [5, 5.41) is 12.5. The molecule has 0 atom stereocenters. The molecule has 0 aliphatic carbocycles. The SMILES string of the molecule is O=c1c(-c2nccs2)c(O)c2ccc(C(F)(F)F)nc2n1-c1ccccc1. The summed E-state index contributed by atoms with van der Waals surface area (Å²) in [5.41, 5.74) is -1.88. The molecule has 0 saturated heterocycles. The van der Waals surface area contributed by atoms with E-state index >= 15 is 0 Å². The lowest BCUT2D eigenvalue weighted by molar-refractivity contribution is -0.141. The Bertz CT molecular complexity index is 1190. The molecule has 3 heterocycles. The zero-order chi connectivity index (χ0) is 19.2. The summed E-state index contributed by atoms with van der Waals surface area (Å²) in [6.45, 7) is 0. The van der Waals surface area contributed by atoms with Crippen LogP contribution in [0.3, 0.4) is 0 Å². The molecule has 9 heteroatoms. The summed E-state index contributed by atoms with van der Waals surface area (Å²) in [5.74, 6) is -0.446. The number of hydrogen-bond donors (Lipinski definition) is 1. The molecule has 3 aromatic heterocycles. The Morgan fingerprint density at radius 3 is 2.44 bits per heavy atom. The van der Waals surface area contributed by atoms with Gasteiger partial charge >= 0.3 is 6.18 Å². The molecule has 5 nitrogen and oxygen atoms in total. The van der Waals surface area contributed by atoms with Crippen LogP contribution >= 0.6 is 11.3 Å². The Morgan fingerprint density at radius 1 is 1.07 bits per heavy atom. The Hall–Kier alpha value is -3.20. The lowest BCUT2D eigenvalue weighted by Crippen LogP contribution is -2.22. The molecule has 4 rings (SSSR count). The van der Waals surface area contributed by atoms with Gasteiger partial charge in [0.2, 0.25) is 0 Å². The first-order valence-electron chi connectivity index (χ1n) is 7.69. The van der Waals surface area contributed by atoms with E-state index in [1.165, 1.54) is 6.20 Å². The molecule has 136 valence electrons. The van der Waals surface area contributed by atoms with Gasteiger partial charge < -0.3 is 5.11 Å². The van der Waals surface area contributed by atoms with Gasteiger partial charge in [-0.15, -0.1) is 11.3 Å². The minimum absolute atomic E-state index is 0.0247. The molecule has 0 saturated carbocycles. The summed E-state index contributed by atoms with van der Waals surface area (Å²) in [6, 6.07) is 10.0. The fourth-order valence-corrected chi connectivity index (χ4v) is 3.44. The molecule has 27 heavy (non-hydrogen) atoms. The first kappa shape index (κ1) is 17.2. The Morgan fingerprint density at radius 2 is 1.81 bits per heavy atom. The van der Waals surface area contributed by atoms with Crippen molar-refractivity contribution >= 4 is 22.4 Å². The fraction of sp³-hybridized carbons (Fsp3) is 0.0556. The van der Waals surface area contributed by atoms with Crippen LogP contribution in [0, 0.1) is 0 Å². The van der Waals surface area contributed by atoms with Crippen LogP contribution in [0.5, 0.6) is 5.75 Å². The van der Waals surface area contributed by atoms with E-state index in [-0.39, 0.29) is 21.6 Å². The van der Waals surface area contributed by atoms with Gasteiger partial charge in [0.25, 0.3) is 5.56 Å². The van der Waals surface area contributed by atoms with Crippen molar-refractivity contribution < 1.29 is 18.3 Å². The standard InChI is InChI=1S/C18H10F3N3O2S/c19-18(20,21)12-7-6-11-14(25)13(16-22-8-9-27-16)17(26)24(15(11)23-12)10-4-2-1-3-5-10/h1-9,25H. The van der Waals surface area contributed by atoms with Crippen LogP contribution in [0.25, 0.3) is 27.3 Å². The van der Waals surface area contributed by atoms with E-state index in [2.05, 4.69) is 9.97 Å². The Balaban J connectivity index is 2.17. The minimum atomic E-state index is -4.69. The number of para-hydroxylation sites is 1. The number of pyridine rings is 2. The number of halogens is 3. The molecule has 0 aliphatic rings. The van der Waals surface area contributed by atoms with E-state index in [1.807, 2.05) is 0 Å². The van der Waals surface area contributed by atoms with Gasteiger partial charge in [0, 0.05) is 11.6 Å². The maximum Gasteiger partial charge on any atom is 0.433 e.